The normalized spacial score (nSPS) is 15.3. The van der Waals surface area contributed by atoms with Crippen LogP contribution < -0.4 is 15.8 Å². The van der Waals surface area contributed by atoms with E-state index < -0.39 is 0 Å². The lowest BCUT2D eigenvalue weighted by atomic mass is 9.95. The molecular formula is C28H30N4O2S. The molecule has 1 aliphatic heterocycles. The molecule has 2 aromatic heterocycles. The third-order valence-electron chi connectivity index (χ3n) is 6.83. The molecule has 6 nitrogen and oxygen atoms in total. The molecule has 1 amide bonds. The van der Waals surface area contributed by atoms with E-state index in [0.29, 0.717) is 36.8 Å². The minimum absolute atomic E-state index is 0.00128. The van der Waals surface area contributed by atoms with Crippen molar-refractivity contribution in [3.63, 3.8) is 0 Å². The van der Waals surface area contributed by atoms with Gasteiger partial charge in [0.05, 0.1) is 12.1 Å². The summed E-state index contributed by atoms with van der Waals surface area (Å²) < 4.78 is 2.47. The number of benzene rings is 2. The van der Waals surface area contributed by atoms with E-state index in [1.807, 2.05) is 60.0 Å². The number of amides is 1. The van der Waals surface area contributed by atoms with Gasteiger partial charge < -0.3 is 10.2 Å². The zero-order valence-corrected chi connectivity index (χ0v) is 20.7. The SMILES string of the molecule is C[C@H](CNC(=O)C1CCN(c2nc3ccsc3c(=O)n2Cc2ccccc2)CC1)c1ccccc1. The first-order valence-corrected chi connectivity index (χ1v) is 13.1. The third-order valence-corrected chi connectivity index (χ3v) is 7.72. The average Bonchev–Trinajstić information content (AvgIpc) is 3.39. The summed E-state index contributed by atoms with van der Waals surface area (Å²) in [5, 5.41) is 5.07. The van der Waals surface area contributed by atoms with Crippen molar-refractivity contribution in [3.05, 3.63) is 93.6 Å². The Morgan fingerprint density at radius 2 is 1.74 bits per heavy atom. The highest BCUT2D eigenvalue weighted by atomic mass is 32.1. The number of carbonyl (C=O) groups excluding carboxylic acids is 1. The summed E-state index contributed by atoms with van der Waals surface area (Å²) in [7, 11) is 0. The van der Waals surface area contributed by atoms with Gasteiger partial charge in [-0.15, -0.1) is 11.3 Å². The Bertz CT molecular complexity index is 1340. The highest BCUT2D eigenvalue weighted by molar-refractivity contribution is 7.17. The van der Waals surface area contributed by atoms with Gasteiger partial charge in [-0.25, -0.2) is 4.98 Å². The fraction of sp³-hybridized carbons (Fsp3) is 0.321. The second-order valence-corrected chi connectivity index (χ2v) is 10.2. The number of aromatic nitrogens is 2. The Hall–Kier alpha value is -3.45. The van der Waals surface area contributed by atoms with Crippen LogP contribution in [-0.2, 0) is 11.3 Å². The molecule has 0 radical (unpaired) electrons. The van der Waals surface area contributed by atoms with Gasteiger partial charge in [-0.3, -0.25) is 14.2 Å². The van der Waals surface area contributed by atoms with Crippen molar-refractivity contribution >= 4 is 33.4 Å². The molecular weight excluding hydrogens is 456 g/mol. The van der Waals surface area contributed by atoms with Crippen LogP contribution in [0.5, 0.6) is 0 Å². The van der Waals surface area contributed by atoms with Crippen molar-refractivity contribution < 1.29 is 4.79 Å². The molecule has 35 heavy (non-hydrogen) atoms. The molecule has 0 saturated carbocycles. The Kier molecular flexibility index (Phi) is 6.95. The number of thiophene rings is 1. The number of carbonyl (C=O) groups is 1. The predicted octanol–water partition coefficient (Wildman–Crippen LogP) is 4.64. The molecule has 1 aliphatic rings. The number of nitrogens with one attached hydrogen (secondary N) is 1. The van der Waals surface area contributed by atoms with E-state index in [-0.39, 0.29) is 23.3 Å². The van der Waals surface area contributed by atoms with Crippen LogP contribution in [0.25, 0.3) is 10.2 Å². The molecule has 4 aromatic rings. The van der Waals surface area contributed by atoms with Crippen LogP contribution in [0.3, 0.4) is 0 Å². The summed E-state index contributed by atoms with van der Waals surface area (Å²) in [6.07, 6.45) is 1.49. The topological polar surface area (TPSA) is 67.2 Å². The van der Waals surface area contributed by atoms with Gasteiger partial charge in [-0.1, -0.05) is 67.6 Å². The molecule has 1 fully saturated rings. The predicted molar refractivity (Wildman–Crippen MR) is 142 cm³/mol. The number of hydrogen-bond acceptors (Lipinski definition) is 5. The van der Waals surface area contributed by atoms with Crippen LogP contribution in [0, 0.1) is 5.92 Å². The highest BCUT2D eigenvalue weighted by Gasteiger charge is 2.28. The first-order valence-electron chi connectivity index (χ1n) is 12.2. The van der Waals surface area contributed by atoms with Crippen LogP contribution in [-0.4, -0.2) is 35.1 Å². The second-order valence-electron chi connectivity index (χ2n) is 9.24. The molecule has 1 atom stereocenters. The van der Waals surface area contributed by atoms with E-state index in [2.05, 4.69) is 29.3 Å². The molecule has 0 unspecified atom stereocenters. The van der Waals surface area contributed by atoms with E-state index >= 15 is 0 Å². The lowest BCUT2D eigenvalue weighted by Crippen LogP contribution is -2.43. The number of rotatable bonds is 7. The summed E-state index contributed by atoms with van der Waals surface area (Å²) in [4.78, 5) is 33.3. The van der Waals surface area contributed by atoms with Gasteiger partial charge in [0.25, 0.3) is 5.56 Å². The molecule has 7 heteroatoms. The first-order chi connectivity index (χ1) is 17.1. The van der Waals surface area contributed by atoms with Crippen molar-refractivity contribution in [1.82, 2.24) is 14.9 Å². The third kappa shape index (κ3) is 5.15. The fourth-order valence-corrected chi connectivity index (χ4v) is 5.50. The number of nitrogens with zero attached hydrogens (tertiary/aromatic N) is 3. The zero-order chi connectivity index (χ0) is 24.2. The Labute approximate surface area is 209 Å². The lowest BCUT2D eigenvalue weighted by molar-refractivity contribution is -0.125. The van der Waals surface area contributed by atoms with Crippen molar-refractivity contribution in [2.45, 2.75) is 32.2 Å². The molecule has 0 bridgehead atoms. The summed E-state index contributed by atoms with van der Waals surface area (Å²) in [5.41, 5.74) is 3.04. The van der Waals surface area contributed by atoms with Gasteiger partial charge in [0.15, 0.2) is 0 Å². The monoisotopic (exact) mass is 486 g/mol. The molecule has 1 saturated heterocycles. The van der Waals surface area contributed by atoms with Crippen LogP contribution in [0.1, 0.15) is 36.8 Å². The van der Waals surface area contributed by atoms with E-state index in [4.69, 9.17) is 4.98 Å². The first kappa shape index (κ1) is 23.3. The zero-order valence-electron chi connectivity index (χ0n) is 19.9. The number of hydrogen-bond donors (Lipinski definition) is 1. The highest BCUT2D eigenvalue weighted by Crippen LogP contribution is 2.25. The molecule has 180 valence electrons. The molecule has 0 spiro atoms. The molecule has 1 N–H and O–H groups in total. The maximum atomic E-state index is 13.3. The maximum Gasteiger partial charge on any atom is 0.273 e. The standard InChI is InChI=1S/C28H30N4O2S/c1-20(22-10-6-3-7-11-22)18-29-26(33)23-12-15-31(16-13-23)28-30-24-14-17-35-25(24)27(34)32(28)19-21-8-4-2-5-9-21/h2-11,14,17,20,23H,12-13,15-16,18-19H2,1H3,(H,29,33)/t20-/m1/s1. The number of anilines is 1. The maximum absolute atomic E-state index is 13.3. The number of piperidine rings is 1. The minimum Gasteiger partial charge on any atom is -0.355 e. The van der Waals surface area contributed by atoms with E-state index in [9.17, 15) is 9.59 Å². The summed E-state index contributed by atoms with van der Waals surface area (Å²) in [6.45, 7) is 4.65. The quantitative estimate of drug-likeness (QED) is 0.413. The Balaban J connectivity index is 1.27. The van der Waals surface area contributed by atoms with Gasteiger partial charge in [0, 0.05) is 25.6 Å². The lowest BCUT2D eigenvalue weighted by Gasteiger charge is -2.33. The summed E-state index contributed by atoms with van der Waals surface area (Å²) >= 11 is 1.44. The van der Waals surface area contributed by atoms with Gasteiger partial charge >= 0.3 is 0 Å². The van der Waals surface area contributed by atoms with Crippen LogP contribution in [0.2, 0.25) is 0 Å². The summed E-state index contributed by atoms with van der Waals surface area (Å²) in [5.74, 6) is 1.07. The largest absolute Gasteiger partial charge is 0.355 e. The minimum atomic E-state index is -0.0200. The van der Waals surface area contributed by atoms with E-state index in [0.717, 1.165) is 23.9 Å². The van der Waals surface area contributed by atoms with Crippen LogP contribution in [0.4, 0.5) is 5.95 Å². The smallest absolute Gasteiger partial charge is 0.273 e. The van der Waals surface area contributed by atoms with Crippen molar-refractivity contribution in [3.8, 4) is 0 Å². The van der Waals surface area contributed by atoms with Gasteiger partial charge in [-0.2, -0.15) is 0 Å². The van der Waals surface area contributed by atoms with E-state index in [1.165, 1.54) is 16.9 Å². The van der Waals surface area contributed by atoms with Crippen molar-refractivity contribution in [2.75, 3.05) is 24.5 Å². The van der Waals surface area contributed by atoms with Crippen LogP contribution in [0.15, 0.2) is 76.9 Å². The average molecular weight is 487 g/mol. The van der Waals surface area contributed by atoms with E-state index in [1.54, 1.807) is 4.57 Å². The molecule has 3 heterocycles. The van der Waals surface area contributed by atoms with Crippen molar-refractivity contribution in [2.24, 2.45) is 5.92 Å². The fourth-order valence-electron chi connectivity index (χ4n) is 4.72. The molecule has 5 rings (SSSR count). The van der Waals surface area contributed by atoms with Gasteiger partial charge in [-0.05, 0) is 41.3 Å². The Morgan fingerprint density at radius 3 is 2.46 bits per heavy atom. The molecule has 2 aromatic carbocycles. The second kappa shape index (κ2) is 10.4. The van der Waals surface area contributed by atoms with Crippen molar-refractivity contribution in [1.29, 1.82) is 0 Å². The van der Waals surface area contributed by atoms with Gasteiger partial charge in [0.2, 0.25) is 11.9 Å². The number of fused-ring (bicyclic) bond motifs is 1. The Morgan fingerprint density at radius 1 is 1.06 bits per heavy atom. The van der Waals surface area contributed by atoms with Crippen LogP contribution >= 0.6 is 11.3 Å². The van der Waals surface area contributed by atoms with Gasteiger partial charge in [0.1, 0.15) is 4.70 Å². The molecule has 0 aliphatic carbocycles. The summed E-state index contributed by atoms with van der Waals surface area (Å²) in [6, 6.07) is 22.2.